The fourth-order valence-corrected chi connectivity index (χ4v) is 3.49. The molecule has 0 unspecified atom stereocenters. The van der Waals surface area contributed by atoms with Gasteiger partial charge in [-0.05, 0) is 18.6 Å². The Morgan fingerprint density at radius 3 is 2.91 bits per heavy atom. The minimum atomic E-state index is 0.214. The van der Waals surface area contributed by atoms with Gasteiger partial charge in [0.15, 0.2) is 0 Å². The van der Waals surface area contributed by atoms with Crippen LogP contribution in [0.15, 0.2) is 48.5 Å². The zero-order chi connectivity index (χ0) is 15.8. The fraction of sp³-hybridized carbons (Fsp3) is 0.250. The van der Waals surface area contributed by atoms with E-state index < -0.39 is 0 Å². The van der Waals surface area contributed by atoms with Crippen LogP contribution in [0.5, 0.6) is 0 Å². The van der Waals surface area contributed by atoms with E-state index in [0.29, 0.717) is 13.0 Å². The highest BCUT2D eigenvalue weighted by molar-refractivity contribution is 5.86. The van der Waals surface area contributed by atoms with Crippen molar-refractivity contribution in [2.75, 3.05) is 6.54 Å². The third kappa shape index (κ3) is 2.63. The lowest BCUT2D eigenvalue weighted by molar-refractivity contribution is -0.131. The molecule has 3 nitrogen and oxygen atoms in total. The van der Waals surface area contributed by atoms with Gasteiger partial charge in [0.25, 0.3) is 0 Å². The SMILES string of the molecule is Cc1cccc(CC(=O)N2CCc3[nH]c4ccccc4c3C2)c1. The van der Waals surface area contributed by atoms with Crippen LogP contribution in [0.2, 0.25) is 0 Å². The Bertz CT molecular complexity index is 878. The van der Waals surface area contributed by atoms with Crippen molar-refractivity contribution in [3.63, 3.8) is 0 Å². The number of carbonyl (C=O) groups is 1. The molecular formula is C20H20N2O. The highest BCUT2D eigenvalue weighted by atomic mass is 16.2. The van der Waals surface area contributed by atoms with E-state index in [1.807, 2.05) is 23.1 Å². The van der Waals surface area contributed by atoms with E-state index in [-0.39, 0.29) is 5.91 Å². The molecule has 2 aromatic carbocycles. The van der Waals surface area contributed by atoms with Gasteiger partial charge in [-0.25, -0.2) is 0 Å². The van der Waals surface area contributed by atoms with Gasteiger partial charge in [0, 0.05) is 41.7 Å². The Labute approximate surface area is 135 Å². The molecule has 1 aliphatic heterocycles. The molecule has 1 N–H and O–H groups in total. The molecule has 23 heavy (non-hydrogen) atoms. The molecule has 0 saturated heterocycles. The summed E-state index contributed by atoms with van der Waals surface area (Å²) in [6.07, 6.45) is 1.39. The Morgan fingerprint density at radius 1 is 1.17 bits per heavy atom. The average Bonchev–Trinajstić information content (AvgIpc) is 2.92. The minimum Gasteiger partial charge on any atom is -0.358 e. The Kier molecular flexibility index (Phi) is 3.41. The number of benzene rings is 2. The van der Waals surface area contributed by atoms with Crippen molar-refractivity contribution < 1.29 is 4.79 Å². The van der Waals surface area contributed by atoms with Gasteiger partial charge in [0.2, 0.25) is 5.91 Å². The molecule has 116 valence electrons. The topological polar surface area (TPSA) is 36.1 Å². The predicted molar refractivity (Wildman–Crippen MR) is 92.3 cm³/mol. The minimum absolute atomic E-state index is 0.214. The molecule has 0 saturated carbocycles. The third-order valence-electron chi connectivity index (χ3n) is 4.67. The number of H-pyrrole nitrogens is 1. The zero-order valence-corrected chi connectivity index (χ0v) is 13.3. The molecule has 0 bridgehead atoms. The second-order valence-corrected chi connectivity index (χ2v) is 6.36. The summed E-state index contributed by atoms with van der Waals surface area (Å²) in [7, 11) is 0. The lowest BCUT2D eigenvalue weighted by Gasteiger charge is -2.27. The maximum absolute atomic E-state index is 12.7. The number of carbonyl (C=O) groups excluding carboxylic acids is 1. The Hall–Kier alpha value is -2.55. The van der Waals surface area contributed by atoms with E-state index in [9.17, 15) is 4.79 Å². The third-order valence-corrected chi connectivity index (χ3v) is 4.67. The van der Waals surface area contributed by atoms with Gasteiger partial charge in [-0.3, -0.25) is 4.79 Å². The number of nitrogens with one attached hydrogen (secondary N) is 1. The first-order valence-electron chi connectivity index (χ1n) is 8.12. The lowest BCUT2D eigenvalue weighted by Crippen LogP contribution is -2.36. The van der Waals surface area contributed by atoms with Crippen LogP contribution in [0.1, 0.15) is 22.4 Å². The Balaban J connectivity index is 1.56. The quantitative estimate of drug-likeness (QED) is 0.771. The number of rotatable bonds is 2. The highest BCUT2D eigenvalue weighted by Gasteiger charge is 2.23. The number of hydrogen-bond acceptors (Lipinski definition) is 1. The molecule has 0 radical (unpaired) electrons. The zero-order valence-electron chi connectivity index (χ0n) is 13.3. The molecule has 3 aromatic rings. The van der Waals surface area contributed by atoms with Gasteiger partial charge in [-0.2, -0.15) is 0 Å². The summed E-state index contributed by atoms with van der Waals surface area (Å²) in [4.78, 5) is 18.1. The van der Waals surface area contributed by atoms with Crippen molar-refractivity contribution in [3.8, 4) is 0 Å². The molecule has 1 amide bonds. The summed E-state index contributed by atoms with van der Waals surface area (Å²) >= 11 is 0. The summed E-state index contributed by atoms with van der Waals surface area (Å²) < 4.78 is 0. The van der Waals surface area contributed by atoms with Gasteiger partial charge < -0.3 is 9.88 Å². The Morgan fingerprint density at radius 2 is 2.04 bits per heavy atom. The van der Waals surface area contributed by atoms with Crippen molar-refractivity contribution >= 4 is 16.8 Å². The molecule has 0 atom stereocenters. The molecular weight excluding hydrogens is 284 g/mol. The van der Waals surface area contributed by atoms with Crippen molar-refractivity contribution in [2.45, 2.75) is 26.3 Å². The van der Waals surface area contributed by atoms with Crippen LogP contribution in [-0.4, -0.2) is 22.3 Å². The first-order valence-corrected chi connectivity index (χ1v) is 8.12. The van der Waals surface area contributed by atoms with Crippen molar-refractivity contribution in [1.29, 1.82) is 0 Å². The van der Waals surface area contributed by atoms with Crippen LogP contribution in [0.4, 0.5) is 0 Å². The molecule has 0 spiro atoms. The van der Waals surface area contributed by atoms with Gasteiger partial charge in [-0.1, -0.05) is 48.0 Å². The largest absolute Gasteiger partial charge is 0.358 e. The summed E-state index contributed by atoms with van der Waals surface area (Å²) in [6, 6.07) is 16.6. The lowest BCUT2D eigenvalue weighted by atomic mass is 10.0. The monoisotopic (exact) mass is 304 g/mol. The van der Waals surface area contributed by atoms with Crippen LogP contribution < -0.4 is 0 Å². The van der Waals surface area contributed by atoms with E-state index in [0.717, 1.165) is 18.5 Å². The van der Waals surface area contributed by atoms with Gasteiger partial charge in [0.05, 0.1) is 6.42 Å². The van der Waals surface area contributed by atoms with Crippen LogP contribution in [-0.2, 0) is 24.2 Å². The molecule has 4 rings (SSSR count). The van der Waals surface area contributed by atoms with Crippen LogP contribution >= 0.6 is 0 Å². The number of aromatic amines is 1. The summed E-state index contributed by atoms with van der Waals surface area (Å²) in [5, 5.41) is 1.25. The van der Waals surface area contributed by atoms with E-state index >= 15 is 0 Å². The van der Waals surface area contributed by atoms with E-state index in [2.05, 4.69) is 42.2 Å². The second-order valence-electron chi connectivity index (χ2n) is 6.36. The number of fused-ring (bicyclic) bond motifs is 3. The number of amides is 1. The first-order chi connectivity index (χ1) is 11.2. The first kappa shape index (κ1) is 14.1. The maximum Gasteiger partial charge on any atom is 0.227 e. The van der Waals surface area contributed by atoms with Crippen molar-refractivity contribution in [2.24, 2.45) is 0 Å². The maximum atomic E-state index is 12.7. The van der Waals surface area contributed by atoms with Crippen LogP contribution in [0, 0.1) is 6.92 Å². The summed E-state index contributed by atoms with van der Waals surface area (Å²) in [6.45, 7) is 3.57. The van der Waals surface area contributed by atoms with E-state index in [4.69, 9.17) is 0 Å². The molecule has 2 heterocycles. The van der Waals surface area contributed by atoms with Crippen molar-refractivity contribution in [1.82, 2.24) is 9.88 Å². The number of aromatic nitrogens is 1. The molecule has 1 aromatic heterocycles. The summed E-state index contributed by atoms with van der Waals surface area (Å²) in [5.41, 5.74) is 6.04. The van der Waals surface area contributed by atoms with E-state index in [1.54, 1.807) is 0 Å². The predicted octanol–water partition coefficient (Wildman–Crippen LogP) is 3.60. The fourth-order valence-electron chi connectivity index (χ4n) is 3.49. The summed E-state index contributed by atoms with van der Waals surface area (Å²) in [5.74, 6) is 0.214. The van der Waals surface area contributed by atoms with E-state index in [1.165, 1.54) is 27.7 Å². The highest BCUT2D eigenvalue weighted by Crippen LogP contribution is 2.27. The normalized spacial score (nSPS) is 14.0. The van der Waals surface area contributed by atoms with Gasteiger partial charge in [-0.15, -0.1) is 0 Å². The van der Waals surface area contributed by atoms with Crippen LogP contribution in [0.3, 0.4) is 0 Å². The standard InChI is InChI=1S/C20H20N2O/c1-14-5-4-6-15(11-14)12-20(23)22-10-9-19-17(13-22)16-7-2-3-8-18(16)21-19/h2-8,11,21H,9-10,12-13H2,1H3. The number of aryl methyl sites for hydroxylation is 1. The van der Waals surface area contributed by atoms with Crippen molar-refractivity contribution in [3.05, 3.63) is 70.9 Å². The number of hydrogen-bond donors (Lipinski definition) is 1. The number of para-hydroxylation sites is 1. The smallest absolute Gasteiger partial charge is 0.227 e. The van der Waals surface area contributed by atoms with Crippen LogP contribution in [0.25, 0.3) is 10.9 Å². The van der Waals surface area contributed by atoms with Gasteiger partial charge >= 0.3 is 0 Å². The second kappa shape index (κ2) is 5.58. The molecule has 0 fully saturated rings. The average molecular weight is 304 g/mol. The number of nitrogens with zero attached hydrogens (tertiary/aromatic N) is 1. The van der Waals surface area contributed by atoms with Gasteiger partial charge in [0.1, 0.15) is 0 Å². The molecule has 0 aliphatic carbocycles. The molecule has 3 heteroatoms. The molecule has 1 aliphatic rings.